The highest BCUT2D eigenvalue weighted by molar-refractivity contribution is 7.16. The molecule has 0 saturated heterocycles. The van der Waals surface area contributed by atoms with Crippen LogP contribution in [0.25, 0.3) is 16.3 Å². The maximum Gasteiger partial charge on any atom is 0.272 e. The molecule has 3 nitrogen and oxygen atoms in total. The van der Waals surface area contributed by atoms with E-state index in [9.17, 15) is 4.79 Å². The van der Waals surface area contributed by atoms with Crippen molar-refractivity contribution < 1.29 is 4.79 Å². The smallest absolute Gasteiger partial charge is 0.272 e. The molecule has 0 spiro atoms. The minimum absolute atomic E-state index is 0.254. The number of aromatic nitrogens is 1. The van der Waals surface area contributed by atoms with Gasteiger partial charge in [-0.2, -0.15) is 4.99 Å². The summed E-state index contributed by atoms with van der Waals surface area (Å²) in [5.41, 5.74) is 2.07. The van der Waals surface area contributed by atoms with Gasteiger partial charge in [0.1, 0.15) is 0 Å². The first-order valence-corrected chi connectivity index (χ1v) is 9.26. The Bertz CT molecular complexity index is 949. The van der Waals surface area contributed by atoms with Gasteiger partial charge in [-0.05, 0) is 49.1 Å². The van der Waals surface area contributed by atoms with E-state index in [1.54, 1.807) is 17.4 Å². The molecule has 1 aromatic carbocycles. The van der Waals surface area contributed by atoms with Gasteiger partial charge in [-0.3, -0.25) is 4.79 Å². The lowest BCUT2D eigenvalue weighted by atomic mass is 10.2. The first-order valence-electron chi connectivity index (χ1n) is 7.19. The number of thiophene rings is 1. The zero-order valence-electron chi connectivity index (χ0n) is 12.7. The molecule has 0 aliphatic rings. The third-order valence-corrected chi connectivity index (χ3v) is 5.78. The number of hydrogen-bond donors (Lipinski definition) is 0. The summed E-state index contributed by atoms with van der Waals surface area (Å²) in [6, 6.07) is 7.78. The van der Waals surface area contributed by atoms with Crippen molar-refractivity contribution in [2.45, 2.75) is 20.4 Å². The fourth-order valence-electron chi connectivity index (χ4n) is 2.37. The van der Waals surface area contributed by atoms with Crippen molar-refractivity contribution in [2.75, 3.05) is 0 Å². The van der Waals surface area contributed by atoms with E-state index < -0.39 is 0 Å². The minimum Gasteiger partial charge on any atom is -0.316 e. The molecule has 0 unspecified atom stereocenters. The Balaban J connectivity index is 2.05. The monoisotopic (exact) mass is 362 g/mol. The number of carbonyl (C=O) groups is 1. The van der Waals surface area contributed by atoms with Crippen LogP contribution in [0.1, 0.15) is 17.4 Å². The molecule has 3 aromatic rings. The van der Waals surface area contributed by atoms with Crippen LogP contribution in [0.15, 0.2) is 40.7 Å². The molecule has 0 aliphatic heterocycles. The zero-order chi connectivity index (χ0) is 16.4. The fraction of sp³-hybridized carbons (Fsp3) is 0.176. The van der Waals surface area contributed by atoms with Gasteiger partial charge in [0, 0.05) is 22.5 Å². The van der Waals surface area contributed by atoms with Gasteiger partial charge >= 0.3 is 0 Å². The highest BCUT2D eigenvalue weighted by Crippen LogP contribution is 2.27. The Hall–Kier alpha value is -1.69. The van der Waals surface area contributed by atoms with Crippen molar-refractivity contribution in [3.8, 4) is 0 Å². The van der Waals surface area contributed by atoms with Crippen molar-refractivity contribution in [1.82, 2.24) is 4.57 Å². The number of amides is 1. The molecule has 0 bridgehead atoms. The molecule has 0 radical (unpaired) electrons. The number of carbonyl (C=O) groups excluding carboxylic acids is 1. The van der Waals surface area contributed by atoms with E-state index >= 15 is 0 Å². The van der Waals surface area contributed by atoms with Crippen molar-refractivity contribution in [3.05, 3.63) is 56.0 Å². The number of thiazole rings is 1. The lowest BCUT2D eigenvalue weighted by Gasteiger charge is -2.04. The Morgan fingerprint density at radius 3 is 2.91 bits per heavy atom. The van der Waals surface area contributed by atoms with Crippen molar-refractivity contribution in [1.29, 1.82) is 0 Å². The van der Waals surface area contributed by atoms with E-state index in [0.29, 0.717) is 4.80 Å². The average molecular weight is 363 g/mol. The first kappa shape index (κ1) is 16.2. The van der Waals surface area contributed by atoms with E-state index in [0.717, 1.165) is 32.2 Å². The predicted octanol–water partition coefficient (Wildman–Crippen LogP) is 4.89. The molecule has 0 fully saturated rings. The largest absolute Gasteiger partial charge is 0.316 e. The maximum atomic E-state index is 12.1. The second-order valence-electron chi connectivity index (χ2n) is 4.95. The van der Waals surface area contributed by atoms with Crippen LogP contribution in [0.3, 0.4) is 0 Å². The van der Waals surface area contributed by atoms with Crippen molar-refractivity contribution in [3.63, 3.8) is 0 Å². The topological polar surface area (TPSA) is 34.4 Å². The molecule has 6 heteroatoms. The number of rotatable bonds is 3. The molecule has 0 N–H and O–H groups in total. The Morgan fingerprint density at radius 2 is 2.22 bits per heavy atom. The van der Waals surface area contributed by atoms with Gasteiger partial charge in [0.2, 0.25) is 0 Å². The normalized spacial score (nSPS) is 12.6. The van der Waals surface area contributed by atoms with Gasteiger partial charge in [0.25, 0.3) is 5.91 Å². The summed E-state index contributed by atoms with van der Waals surface area (Å²) in [6.07, 6.45) is 3.30. The van der Waals surface area contributed by atoms with Crippen LogP contribution in [0.5, 0.6) is 0 Å². The summed E-state index contributed by atoms with van der Waals surface area (Å²) in [4.78, 5) is 18.1. The van der Waals surface area contributed by atoms with E-state index in [1.807, 2.05) is 48.1 Å². The molecule has 2 heterocycles. The Kier molecular flexibility index (Phi) is 4.80. The molecular formula is C17H15ClN2OS2. The average Bonchev–Trinajstić information content (AvgIpc) is 3.16. The van der Waals surface area contributed by atoms with Gasteiger partial charge in [-0.15, -0.1) is 11.3 Å². The highest BCUT2D eigenvalue weighted by atomic mass is 35.5. The summed E-state index contributed by atoms with van der Waals surface area (Å²) < 4.78 is 3.13. The van der Waals surface area contributed by atoms with Crippen LogP contribution >= 0.6 is 34.3 Å². The third-order valence-electron chi connectivity index (χ3n) is 3.49. The number of fused-ring (bicyclic) bond motifs is 1. The SMILES string of the molecule is CCn1c(=NC(=O)/C=C/c2cccs2)sc2ccc(Cl)c(C)c21. The lowest BCUT2D eigenvalue weighted by molar-refractivity contribution is -0.113. The lowest BCUT2D eigenvalue weighted by Crippen LogP contribution is -2.15. The van der Waals surface area contributed by atoms with Gasteiger partial charge in [-0.25, -0.2) is 0 Å². The third kappa shape index (κ3) is 3.32. The zero-order valence-corrected chi connectivity index (χ0v) is 15.1. The molecule has 2 aromatic heterocycles. The number of nitrogens with zero attached hydrogens (tertiary/aromatic N) is 2. The molecule has 0 saturated carbocycles. The van der Waals surface area contributed by atoms with Crippen molar-refractivity contribution in [2.24, 2.45) is 4.99 Å². The van der Waals surface area contributed by atoms with Gasteiger partial charge in [0.05, 0.1) is 10.2 Å². The van der Waals surface area contributed by atoms with Crippen LogP contribution in [0, 0.1) is 6.92 Å². The summed E-state index contributed by atoms with van der Waals surface area (Å²) in [5, 5.41) is 2.71. The quantitative estimate of drug-likeness (QED) is 0.611. The van der Waals surface area contributed by atoms with Gasteiger partial charge in [-0.1, -0.05) is 29.0 Å². The van der Waals surface area contributed by atoms with Crippen molar-refractivity contribution >= 4 is 56.5 Å². The second-order valence-corrected chi connectivity index (χ2v) is 7.34. The summed E-state index contributed by atoms with van der Waals surface area (Å²) in [6.45, 7) is 4.77. The summed E-state index contributed by atoms with van der Waals surface area (Å²) in [5.74, 6) is -0.254. The van der Waals surface area contributed by atoms with E-state index in [1.165, 1.54) is 17.4 Å². The van der Waals surface area contributed by atoms with E-state index in [4.69, 9.17) is 11.6 Å². The van der Waals surface area contributed by atoms with Crippen LogP contribution in [0.4, 0.5) is 0 Å². The number of aryl methyl sites for hydroxylation is 2. The molecule has 0 atom stereocenters. The van der Waals surface area contributed by atoms with Crippen LogP contribution in [-0.4, -0.2) is 10.5 Å². The maximum absolute atomic E-state index is 12.1. The first-order chi connectivity index (χ1) is 11.1. The molecule has 1 amide bonds. The molecule has 3 rings (SSSR count). The molecule has 23 heavy (non-hydrogen) atoms. The van der Waals surface area contributed by atoms with Crippen LogP contribution in [0.2, 0.25) is 5.02 Å². The Morgan fingerprint density at radius 1 is 1.39 bits per heavy atom. The molecule has 0 aliphatic carbocycles. The summed E-state index contributed by atoms with van der Waals surface area (Å²) >= 11 is 9.32. The van der Waals surface area contributed by atoms with Crippen LogP contribution in [-0.2, 0) is 11.3 Å². The minimum atomic E-state index is -0.254. The standard InChI is InChI=1S/C17H15ClN2OS2/c1-3-20-16-11(2)13(18)7-8-14(16)23-17(20)19-15(21)9-6-12-5-4-10-22-12/h4-10H,3H2,1-2H3/b9-6+,19-17?. The highest BCUT2D eigenvalue weighted by Gasteiger charge is 2.10. The van der Waals surface area contributed by atoms with E-state index in [-0.39, 0.29) is 5.91 Å². The van der Waals surface area contributed by atoms with Gasteiger partial charge in [0.15, 0.2) is 4.80 Å². The summed E-state index contributed by atoms with van der Waals surface area (Å²) in [7, 11) is 0. The fourth-order valence-corrected chi connectivity index (χ4v) is 4.29. The second kappa shape index (κ2) is 6.83. The van der Waals surface area contributed by atoms with Crippen LogP contribution < -0.4 is 4.80 Å². The number of hydrogen-bond acceptors (Lipinski definition) is 3. The number of benzene rings is 1. The molecule has 118 valence electrons. The number of halogens is 1. The Labute approximate surface area is 147 Å². The van der Waals surface area contributed by atoms with Gasteiger partial charge < -0.3 is 4.57 Å². The predicted molar refractivity (Wildman–Crippen MR) is 99.2 cm³/mol. The molecular weight excluding hydrogens is 348 g/mol. The van der Waals surface area contributed by atoms with E-state index in [2.05, 4.69) is 4.99 Å².